The van der Waals surface area contributed by atoms with Crippen molar-refractivity contribution in [3.63, 3.8) is 0 Å². The fourth-order valence-corrected chi connectivity index (χ4v) is 3.11. The minimum Gasteiger partial charge on any atom is -0.439 e. The molecule has 0 aliphatic heterocycles. The van der Waals surface area contributed by atoms with Gasteiger partial charge in [0.1, 0.15) is 6.54 Å². The van der Waals surface area contributed by atoms with Crippen molar-refractivity contribution < 1.29 is 4.42 Å². The minimum absolute atomic E-state index is 0.165. The summed E-state index contributed by atoms with van der Waals surface area (Å²) in [5, 5.41) is 1.08. The maximum Gasteiger partial charge on any atom is 0.261 e. The van der Waals surface area contributed by atoms with E-state index in [0.717, 1.165) is 5.56 Å². The van der Waals surface area contributed by atoms with Crippen molar-refractivity contribution in [1.82, 2.24) is 14.5 Å². The van der Waals surface area contributed by atoms with Crippen LogP contribution >= 0.6 is 23.2 Å². The normalized spacial score (nSPS) is 11.1. The molecule has 0 aliphatic carbocycles. The van der Waals surface area contributed by atoms with Gasteiger partial charge >= 0.3 is 0 Å². The van der Waals surface area contributed by atoms with Gasteiger partial charge in [-0.1, -0.05) is 53.5 Å². The van der Waals surface area contributed by atoms with E-state index in [1.54, 1.807) is 18.3 Å². The van der Waals surface area contributed by atoms with E-state index in [4.69, 9.17) is 27.6 Å². The number of nitrogens with zero attached hydrogens (tertiary/aromatic N) is 3. The van der Waals surface area contributed by atoms with Gasteiger partial charge in [-0.2, -0.15) is 0 Å². The molecule has 5 nitrogen and oxygen atoms in total. The molecule has 2 aromatic carbocycles. The van der Waals surface area contributed by atoms with Crippen LogP contribution in [0.4, 0.5) is 0 Å². The van der Waals surface area contributed by atoms with Gasteiger partial charge in [-0.25, -0.2) is 9.97 Å². The SMILES string of the molecule is O=c1c2cc(Cl)cc(Cl)c2ncn1Cc1ncc(-c2ccccc2)o1. The zero-order valence-electron chi connectivity index (χ0n) is 12.8. The molecule has 0 aliphatic rings. The Balaban J connectivity index is 1.71. The van der Waals surface area contributed by atoms with E-state index in [9.17, 15) is 4.79 Å². The number of halogens is 2. The van der Waals surface area contributed by atoms with Crippen molar-refractivity contribution in [2.24, 2.45) is 0 Å². The van der Waals surface area contributed by atoms with Crippen molar-refractivity contribution in [2.45, 2.75) is 6.54 Å². The summed E-state index contributed by atoms with van der Waals surface area (Å²) in [5.74, 6) is 1.05. The van der Waals surface area contributed by atoms with Crippen LogP contribution in [0, 0.1) is 0 Å². The number of hydrogen-bond donors (Lipinski definition) is 0. The Hall–Kier alpha value is -2.63. The smallest absolute Gasteiger partial charge is 0.261 e. The molecule has 0 radical (unpaired) electrons. The summed E-state index contributed by atoms with van der Waals surface area (Å²) in [7, 11) is 0. The molecular formula is C18H11Cl2N3O2. The van der Waals surface area contributed by atoms with Crippen molar-refractivity contribution in [1.29, 1.82) is 0 Å². The molecule has 0 fully saturated rings. The maximum absolute atomic E-state index is 12.7. The van der Waals surface area contributed by atoms with E-state index in [2.05, 4.69) is 9.97 Å². The van der Waals surface area contributed by atoms with E-state index in [-0.39, 0.29) is 12.1 Å². The molecular weight excluding hydrogens is 361 g/mol. The summed E-state index contributed by atoms with van der Waals surface area (Å²) in [6, 6.07) is 12.7. The monoisotopic (exact) mass is 371 g/mol. The van der Waals surface area contributed by atoms with Gasteiger partial charge in [0.15, 0.2) is 5.76 Å². The molecule has 0 spiro atoms. The quantitative estimate of drug-likeness (QED) is 0.535. The van der Waals surface area contributed by atoms with Gasteiger partial charge < -0.3 is 4.42 Å². The van der Waals surface area contributed by atoms with Gasteiger partial charge in [-0.3, -0.25) is 9.36 Å². The molecule has 2 aromatic heterocycles. The van der Waals surface area contributed by atoms with Crippen molar-refractivity contribution in [2.75, 3.05) is 0 Å². The van der Waals surface area contributed by atoms with E-state index in [0.29, 0.717) is 32.6 Å². The molecule has 0 N–H and O–H groups in total. The van der Waals surface area contributed by atoms with Gasteiger partial charge in [0.2, 0.25) is 5.89 Å². The van der Waals surface area contributed by atoms with Crippen LogP contribution in [0.1, 0.15) is 5.89 Å². The predicted octanol–water partition coefficient (Wildman–Crippen LogP) is 4.41. The topological polar surface area (TPSA) is 60.9 Å². The lowest BCUT2D eigenvalue weighted by atomic mass is 10.2. The van der Waals surface area contributed by atoms with Crippen molar-refractivity contribution >= 4 is 34.1 Å². The Bertz CT molecular complexity index is 1120. The first-order chi connectivity index (χ1) is 12.1. The minimum atomic E-state index is -0.256. The Morgan fingerprint density at radius 1 is 1.08 bits per heavy atom. The summed E-state index contributed by atoms with van der Waals surface area (Å²) in [6.07, 6.45) is 3.06. The number of rotatable bonds is 3. The van der Waals surface area contributed by atoms with E-state index < -0.39 is 0 Å². The fraction of sp³-hybridized carbons (Fsp3) is 0.0556. The third-order valence-electron chi connectivity index (χ3n) is 3.76. The number of benzene rings is 2. The second-order valence-electron chi connectivity index (χ2n) is 5.45. The van der Waals surface area contributed by atoms with Crippen LogP contribution in [0.25, 0.3) is 22.2 Å². The molecule has 0 atom stereocenters. The van der Waals surface area contributed by atoms with Crippen LogP contribution in [-0.4, -0.2) is 14.5 Å². The maximum atomic E-state index is 12.7. The summed E-state index contributed by atoms with van der Waals surface area (Å²) in [6.45, 7) is 0.165. The van der Waals surface area contributed by atoms with Crippen LogP contribution in [0.15, 0.2) is 64.2 Å². The standard InChI is InChI=1S/C18H11Cl2N3O2/c19-12-6-13-17(14(20)7-12)22-10-23(18(13)24)9-16-21-8-15(25-16)11-4-2-1-3-5-11/h1-8,10H,9H2. The lowest BCUT2D eigenvalue weighted by Gasteiger charge is -2.05. The molecule has 4 aromatic rings. The first-order valence-corrected chi connectivity index (χ1v) is 8.22. The van der Waals surface area contributed by atoms with Crippen LogP contribution in [0.3, 0.4) is 0 Å². The van der Waals surface area contributed by atoms with Gasteiger partial charge in [0, 0.05) is 10.6 Å². The molecule has 0 amide bonds. The number of fused-ring (bicyclic) bond motifs is 1. The molecule has 25 heavy (non-hydrogen) atoms. The first-order valence-electron chi connectivity index (χ1n) is 7.46. The van der Waals surface area contributed by atoms with E-state index in [1.807, 2.05) is 30.3 Å². The van der Waals surface area contributed by atoms with Crippen molar-refractivity contribution in [3.8, 4) is 11.3 Å². The largest absolute Gasteiger partial charge is 0.439 e. The number of hydrogen-bond acceptors (Lipinski definition) is 4. The highest BCUT2D eigenvalue weighted by atomic mass is 35.5. The third-order valence-corrected chi connectivity index (χ3v) is 4.27. The van der Waals surface area contributed by atoms with E-state index in [1.165, 1.54) is 10.9 Å². The molecule has 0 saturated heterocycles. The molecule has 0 bridgehead atoms. The van der Waals surface area contributed by atoms with Gasteiger partial charge in [0.05, 0.1) is 28.4 Å². The van der Waals surface area contributed by atoms with Gasteiger partial charge in [0.25, 0.3) is 5.56 Å². The Morgan fingerprint density at radius 3 is 2.68 bits per heavy atom. The lowest BCUT2D eigenvalue weighted by Crippen LogP contribution is -2.21. The average molecular weight is 372 g/mol. The Kier molecular flexibility index (Phi) is 4.03. The van der Waals surface area contributed by atoms with Crippen LogP contribution in [-0.2, 0) is 6.54 Å². The molecule has 2 heterocycles. The molecule has 0 unspecified atom stereocenters. The van der Waals surface area contributed by atoms with Crippen LogP contribution in [0.2, 0.25) is 10.0 Å². The second kappa shape index (κ2) is 6.35. The molecule has 7 heteroatoms. The predicted molar refractivity (Wildman–Crippen MR) is 97.1 cm³/mol. The van der Waals surface area contributed by atoms with Gasteiger partial charge in [-0.15, -0.1) is 0 Å². The highest BCUT2D eigenvalue weighted by Gasteiger charge is 2.12. The fourth-order valence-electron chi connectivity index (χ4n) is 2.57. The van der Waals surface area contributed by atoms with E-state index >= 15 is 0 Å². The molecule has 124 valence electrons. The first kappa shape index (κ1) is 15.9. The summed E-state index contributed by atoms with van der Waals surface area (Å²) in [5.41, 5.74) is 1.09. The Morgan fingerprint density at radius 2 is 1.88 bits per heavy atom. The lowest BCUT2D eigenvalue weighted by molar-refractivity contribution is 0.484. The summed E-state index contributed by atoms with van der Waals surface area (Å²) < 4.78 is 7.15. The highest BCUT2D eigenvalue weighted by molar-refractivity contribution is 6.38. The zero-order valence-corrected chi connectivity index (χ0v) is 14.3. The summed E-state index contributed by atoms with van der Waals surface area (Å²) >= 11 is 12.1. The zero-order chi connectivity index (χ0) is 17.4. The number of oxazole rings is 1. The number of aromatic nitrogens is 3. The highest BCUT2D eigenvalue weighted by Crippen LogP contribution is 2.24. The average Bonchev–Trinajstić information content (AvgIpc) is 3.07. The molecule has 0 saturated carbocycles. The second-order valence-corrected chi connectivity index (χ2v) is 6.29. The summed E-state index contributed by atoms with van der Waals surface area (Å²) in [4.78, 5) is 21.1. The van der Waals surface area contributed by atoms with Crippen LogP contribution < -0.4 is 5.56 Å². The third kappa shape index (κ3) is 3.04. The molecule has 4 rings (SSSR count). The Labute approximate surface area is 152 Å². The van der Waals surface area contributed by atoms with Gasteiger partial charge in [-0.05, 0) is 12.1 Å². The van der Waals surface area contributed by atoms with Crippen molar-refractivity contribution in [3.05, 3.63) is 81.3 Å². The van der Waals surface area contributed by atoms with Crippen LogP contribution in [0.5, 0.6) is 0 Å².